The van der Waals surface area contributed by atoms with Crippen molar-refractivity contribution in [2.75, 3.05) is 6.54 Å². The molecule has 23 heavy (non-hydrogen) atoms. The highest BCUT2D eigenvalue weighted by atomic mass is 32.2. The molecule has 0 bridgehead atoms. The number of benzene rings is 2. The van der Waals surface area contributed by atoms with Crippen LogP contribution in [0.5, 0.6) is 0 Å². The van der Waals surface area contributed by atoms with Crippen LogP contribution < -0.4 is 0 Å². The minimum Gasteiger partial charge on any atom is -0.207 e. The average molecular weight is 326 g/mol. The molecule has 3 rings (SSSR count). The van der Waals surface area contributed by atoms with Crippen LogP contribution in [0.15, 0.2) is 59.5 Å². The van der Waals surface area contributed by atoms with Crippen LogP contribution >= 0.6 is 0 Å². The Morgan fingerprint density at radius 1 is 1.13 bits per heavy atom. The van der Waals surface area contributed by atoms with Gasteiger partial charge >= 0.3 is 0 Å². The Labute approximate surface area is 137 Å². The molecule has 2 aromatic rings. The highest BCUT2D eigenvalue weighted by Gasteiger charge is 2.35. The molecule has 0 aliphatic carbocycles. The molecule has 0 radical (unpaired) electrons. The predicted molar refractivity (Wildman–Crippen MR) is 88.2 cm³/mol. The molecular formula is C18H18N2O2S. The molecule has 5 heteroatoms. The van der Waals surface area contributed by atoms with Crippen molar-refractivity contribution < 1.29 is 8.42 Å². The SMILES string of the molecule is N#Cc1cccc(S(=O)(=O)N2CCCC2Cc2ccccc2)c1. The molecule has 0 N–H and O–H groups in total. The van der Waals surface area contributed by atoms with Gasteiger partial charge in [-0.15, -0.1) is 0 Å². The van der Waals surface area contributed by atoms with Gasteiger partial charge in [0.1, 0.15) is 0 Å². The zero-order chi connectivity index (χ0) is 16.3. The van der Waals surface area contributed by atoms with Crippen LogP contribution in [0, 0.1) is 11.3 Å². The van der Waals surface area contributed by atoms with E-state index in [4.69, 9.17) is 5.26 Å². The summed E-state index contributed by atoms with van der Waals surface area (Å²) < 4.78 is 27.4. The summed E-state index contributed by atoms with van der Waals surface area (Å²) in [7, 11) is -3.56. The quantitative estimate of drug-likeness (QED) is 0.868. The van der Waals surface area contributed by atoms with E-state index in [2.05, 4.69) is 0 Å². The van der Waals surface area contributed by atoms with Crippen molar-refractivity contribution in [3.05, 3.63) is 65.7 Å². The Balaban J connectivity index is 1.87. The summed E-state index contributed by atoms with van der Waals surface area (Å²) in [6, 6.07) is 18.2. The molecule has 1 heterocycles. The van der Waals surface area contributed by atoms with Gasteiger partial charge in [-0.3, -0.25) is 0 Å². The predicted octanol–water partition coefficient (Wildman–Crippen LogP) is 2.95. The summed E-state index contributed by atoms with van der Waals surface area (Å²) in [5.41, 5.74) is 1.51. The first-order valence-corrected chi connectivity index (χ1v) is 9.11. The molecule has 0 amide bonds. The van der Waals surface area contributed by atoms with Crippen LogP contribution in [0.4, 0.5) is 0 Å². The molecule has 4 nitrogen and oxygen atoms in total. The Morgan fingerprint density at radius 2 is 1.91 bits per heavy atom. The number of nitriles is 1. The maximum Gasteiger partial charge on any atom is 0.243 e. The monoisotopic (exact) mass is 326 g/mol. The second kappa shape index (κ2) is 6.53. The third kappa shape index (κ3) is 3.29. The van der Waals surface area contributed by atoms with Crippen LogP contribution in [-0.2, 0) is 16.4 Å². The molecular weight excluding hydrogens is 308 g/mol. The normalized spacial score (nSPS) is 18.7. The van der Waals surface area contributed by atoms with Crippen molar-refractivity contribution >= 4 is 10.0 Å². The molecule has 1 saturated heterocycles. The third-order valence-corrected chi connectivity index (χ3v) is 6.15. The van der Waals surface area contributed by atoms with E-state index in [0.717, 1.165) is 24.8 Å². The summed E-state index contributed by atoms with van der Waals surface area (Å²) in [6.07, 6.45) is 2.46. The van der Waals surface area contributed by atoms with Crippen LogP contribution in [0.1, 0.15) is 24.0 Å². The van der Waals surface area contributed by atoms with E-state index < -0.39 is 10.0 Å². The van der Waals surface area contributed by atoms with Crippen molar-refractivity contribution in [2.45, 2.75) is 30.2 Å². The molecule has 2 aromatic carbocycles. The average Bonchev–Trinajstić information content (AvgIpc) is 3.05. The van der Waals surface area contributed by atoms with E-state index in [1.165, 1.54) is 6.07 Å². The van der Waals surface area contributed by atoms with E-state index in [1.807, 2.05) is 36.4 Å². The second-order valence-electron chi connectivity index (χ2n) is 5.74. The zero-order valence-electron chi connectivity index (χ0n) is 12.7. The highest BCUT2D eigenvalue weighted by molar-refractivity contribution is 7.89. The van der Waals surface area contributed by atoms with Crippen LogP contribution in [-0.4, -0.2) is 25.3 Å². The second-order valence-corrected chi connectivity index (χ2v) is 7.63. The van der Waals surface area contributed by atoms with E-state index in [-0.39, 0.29) is 10.9 Å². The van der Waals surface area contributed by atoms with Gasteiger partial charge < -0.3 is 0 Å². The smallest absolute Gasteiger partial charge is 0.207 e. The van der Waals surface area contributed by atoms with Gasteiger partial charge in [0, 0.05) is 12.6 Å². The minimum absolute atomic E-state index is 0.0202. The van der Waals surface area contributed by atoms with Gasteiger partial charge in [-0.1, -0.05) is 36.4 Å². The molecule has 0 aromatic heterocycles. The lowest BCUT2D eigenvalue weighted by atomic mass is 10.1. The zero-order valence-corrected chi connectivity index (χ0v) is 13.5. The summed E-state index contributed by atoms with van der Waals surface area (Å²) in [6.45, 7) is 0.538. The molecule has 118 valence electrons. The van der Waals surface area contributed by atoms with Crippen molar-refractivity contribution in [3.63, 3.8) is 0 Å². The van der Waals surface area contributed by atoms with E-state index >= 15 is 0 Å². The van der Waals surface area contributed by atoms with Gasteiger partial charge in [0.15, 0.2) is 0 Å². The van der Waals surface area contributed by atoms with Crippen molar-refractivity contribution in [3.8, 4) is 6.07 Å². The first kappa shape index (κ1) is 15.7. The van der Waals surface area contributed by atoms with Crippen molar-refractivity contribution in [1.29, 1.82) is 5.26 Å². The minimum atomic E-state index is -3.56. The van der Waals surface area contributed by atoms with Crippen LogP contribution in [0.25, 0.3) is 0 Å². The van der Waals surface area contributed by atoms with E-state index in [9.17, 15) is 8.42 Å². The largest absolute Gasteiger partial charge is 0.243 e. The molecule has 0 spiro atoms. The Hall–Kier alpha value is -2.16. The first-order chi connectivity index (χ1) is 11.1. The Kier molecular flexibility index (Phi) is 4.46. The molecule has 1 atom stereocenters. The molecule has 0 saturated carbocycles. The highest BCUT2D eigenvalue weighted by Crippen LogP contribution is 2.28. The topological polar surface area (TPSA) is 61.2 Å². The fraction of sp³-hybridized carbons (Fsp3) is 0.278. The fourth-order valence-corrected chi connectivity index (χ4v) is 4.82. The van der Waals surface area contributed by atoms with Gasteiger partial charge in [-0.2, -0.15) is 9.57 Å². The van der Waals surface area contributed by atoms with Crippen molar-refractivity contribution in [1.82, 2.24) is 4.31 Å². The van der Waals surface area contributed by atoms with Gasteiger partial charge in [0.25, 0.3) is 0 Å². The molecule has 1 fully saturated rings. The lowest BCUT2D eigenvalue weighted by Gasteiger charge is -2.24. The van der Waals surface area contributed by atoms with Gasteiger partial charge in [0.05, 0.1) is 16.5 Å². The molecule has 1 unspecified atom stereocenters. The maximum atomic E-state index is 12.9. The number of hydrogen-bond donors (Lipinski definition) is 0. The van der Waals surface area contributed by atoms with Crippen LogP contribution in [0.2, 0.25) is 0 Å². The van der Waals surface area contributed by atoms with Gasteiger partial charge in [0.2, 0.25) is 10.0 Å². The van der Waals surface area contributed by atoms with E-state index in [1.54, 1.807) is 22.5 Å². The maximum absolute atomic E-state index is 12.9. The molecule has 1 aliphatic rings. The molecule has 1 aliphatic heterocycles. The van der Waals surface area contributed by atoms with Gasteiger partial charge in [-0.25, -0.2) is 8.42 Å². The lowest BCUT2D eigenvalue weighted by Crippen LogP contribution is -2.36. The van der Waals surface area contributed by atoms with Crippen molar-refractivity contribution in [2.24, 2.45) is 0 Å². The fourth-order valence-electron chi connectivity index (χ4n) is 3.08. The number of rotatable bonds is 4. The number of hydrogen-bond acceptors (Lipinski definition) is 3. The summed E-state index contributed by atoms with van der Waals surface area (Å²) in [4.78, 5) is 0.205. The van der Waals surface area contributed by atoms with Crippen LogP contribution in [0.3, 0.4) is 0 Å². The van der Waals surface area contributed by atoms with E-state index in [0.29, 0.717) is 12.1 Å². The Bertz CT molecular complexity index is 826. The standard InChI is InChI=1S/C18H18N2O2S/c19-14-16-8-4-10-18(13-16)23(21,22)20-11-5-9-17(20)12-15-6-2-1-3-7-15/h1-4,6-8,10,13,17H,5,9,11-12H2. The van der Waals surface area contributed by atoms with Gasteiger partial charge in [-0.05, 0) is 43.0 Å². The first-order valence-electron chi connectivity index (χ1n) is 7.67. The Morgan fingerprint density at radius 3 is 2.65 bits per heavy atom. The summed E-state index contributed by atoms with van der Waals surface area (Å²) in [5, 5.41) is 8.98. The summed E-state index contributed by atoms with van der Waals surface area (Å²) in [5.74, 6) is 0. The lowest BCUT2D eigenvalue weighted by molar-refractivity contribution is 0.385. The number of nitrogens with zero attached hydrogens (tertiary/aromatic N) is 2. The third-order valence-electron chi connectivity index (χ3n) is 4.21. The number of sulfonamides is 1. The summed E-state index contributed by atoms with van der Waals surface area (Å²) >= 11 is 0.